The highest BCUT2D eigenvalue weighted by Gasteiger charge is 2.21. The third kappa shape index (κ3) is 3.14. The number of rotatable bonds is 2. The molecule has 178 valence electrons. The molecule has 0 spiro atoms. The van der Waals surface area contributed by atoms with Crippen molar-refractivity contribution in [1.29, 1.82) is 0 Å². The Bertz CT molecular complexity index is 2000. The molecule has 0 atom stereocenters. The standard InChI is InChI=1S/C36H23NO/c1-2-10-26(11-3-1)37-33-16-8-6-14-29(33)30-20-18-25(23-34(30)37)24-19-21-36-32(22-24)28-13-5-4-12-27(28)31-15-7-9-17-35(31)38-36/h1-23H. The average molecular weight is 486 g/mol. The molecule has 6 aromatic carbocycles. The molecule has 0 unspecified atom stereocenters. The Labute approximate surface area is 221 Å². The summed E-state index contributed by atoms with van der Waals surface area (Å²) in [5, 5.41) is 2.52. The Kier molecular flexibility index (Phi) is 4.55. The van der Waals surface area contributed by atoms with Crippen molar-refractivity contribution in [2.24, 2.45) is 0 Å². The number of nitrogens with zero attached hydrogens (tertiary/aromatic N) is 1. The van der Waals surface area contributed by atoms with Gasteiger partial charge in [-0.3, -0.25) is 0 Å². The zero-order valence-electron chi connectivity index (χ0n) is 20.6. The van der Waals surface area contributed by atoms with Gasteiger partial charge in [-0.1, -0.05) is 97.1 Å². The number of hydrogen-bond acceptors (Lipinski definition) is 1. The number of hydrogen-bond donors (Lipinski definition) is 0. The van der Waals surface area contributed by atoms with E-state index >= 15 is 0 Å². The Morgan fingerprint density at radius 2 is 1.00 bits per heavy atom. The average Bonchev–Trinajstić information content (AvgIpc) is 3.24. The normalized spacial score (nSPS) is 11.9. The molecule has 8 rings (SSSR count). The van der Waals surface area contributed by atoms with E-state index in [0.29, 0.717) is 0 Å². The molecular formula is C36H23NO. The molecular weight excluding hydrogens is 462 g/mol. The maximum absolute atomic E-state index is 6.46. The molecule has 38 heavy (non-hydrogen) atoms. The SMILES string of the molecule is c1ccc(-n2c3ccccc3c3ccc(-c4ccc5c(c4)-c4ccccc4-c4ccccc4O5)cc32)cc1. The molecule has 0 bridgehead atoms. The summed E-state index contributed by atoms with van der Waals surface area (Å²) in [6.45, 7) is 0. The van der Waals surface area contributed by atoms with Crippen LogP contribution in [0.2, 0.25) is 0 Å². The van der Waals surface area contributed by atoms with Gasteiger partial charge >= 0.3 is 0 Å². The minimum Gasteiger partial charge on any atom is -0.456 e. The third-order valence-electron chi connectivity index (χ3n) is 7.62. The van der Waals surface area contributed by atoms with Crippen LogP contribution < -0.4 is 4.74 Å². The monoisotopic (exact) mass is 485 g/mol. The molecule has 0 radical (unpaired) electrons. The van der Waals surface area contributed by atoms with E-state index in [0.717, 1.165) is 28.3 Å². The third-order valence-corrected chi connectivity index (χ3v) is 7.62. The van der Waals surface area contributed by atoms with Crippen LogP contribution in [0.5, 0.6) is 11.5 Å². The van der Waals surface area contributed by atoms with Crippen LogP contribution in [-0.2, 0) is 0 Å². The van der Waals surface area contributed by atoms with Gasteiger partial charge in [0.2, 0.25) is 0 Å². The molecule has 1 aromatic heterocycles. The first kappa shape index (κ1) is 21.0. The number of ether oxygens (including phenoxy) is 1. The largest absolute Gasteiger partial charge is 0.456 e. The summed E-state index contributed by atoms with van der Waals surface area (Å²) < 4.78 is 8.83. The van der Waals surface area contributed by atoms with Gasteiger partial charge in [0.1, 0.15) is 11.5 Å². The molecule has 1 aliphatic rings. The number of benzene rings is 6. The van der Waals surface area contributed by atoms with Crippen molar-refractivity contribution in [3.8, 4) is 50.6 Å². The fourth-order valence-electron chi connectivity index (χ4n) is 5.86. The van der Waals surface area contributed by atoms with Crippen molar-refractivity contribution in [3.05, 3.63) is 140 Å². The van der Waals surface area contributed by atoms with Crippen molar-refractivity contribution in [2.75, 3.05) is 0 Å². The highest BCUT2D eigenvalue weighted by molar-refractivity contribution is 6.10. The predicted octanol–water partition coefficient (Wildman–Crippen LogP) is 9.89. The predicted molar refractivity (Wildman–Crippen MR) is 157 cm³/mol. The van der Waals surface area contributed by atoms with Crippen LogP contribution in [0, 0.1) is 0 Å². The van der Waals surface area contributed by atoms with Crippen LogP contribution in [0.25, 0.3) is 60.9 Å². The summed E-state index contributed by atoms with van der Waals surface area (Å²) in [5.41, 5.74) is 10.5. The number of aromatic nitrogens is 1. The summed E-state index contributed by atoms with van der Waals surface area (Å²) in [6.07, 6.45) is 0. The molecule has 7 aromatic rings. The molecule has 2 heterocycles. The van der Waals surface area contributed by atoms with Crippen LogP contribution in [0.15, 0.2) is 140 Å². The van der Waals surface area contributed by atoms with Crippen molar-refractivity contribution >= 4 is 21.8 Å². The van der Waals surface area contributed by atoms with E-state index in [1.807, 2.05) is 12.1 Å². The van der Waals surface area contributed by atoms with E-state index in [2.05, 4.69) is 132 Å². The molecule has 2 nitrogen and oxygen atoms in total. The van der Waals surface area contributed by atoms with Gasteiger partial charge < -0.3 is 9.30 Å². The van der Waals surface area contributed by atoms with E-state index < -0.39 is 0 Å². The van der Waals surface area contributed by atoms with E-state index in [1.165, 1.54) is 44.1 Å². The summed E-state index contributed by atoms with van der Waals surface area (Å²) >= 11 is 0. The maximum atomic E-state index is 6.46. The van der Waals surface area contributed by atoms with Crippen molar-refractivity contribution in [1.82, 2.24) is 4.57 Å². The number of fused-ring (bicyclic) bond motifs is 8. The van der Waals surface area contributed by atoms with Crippen LogP contribution in [0.1, 0.15) is 0 Å². The molecule has 2 heteroatoms. The van der Waals surface area contributed by atoms with E-state index in [9.17, 15) is 0 Å². The van der Waals surface area contributed by atoms with Gasteiger partial charge in [0.25, 0.3) is 0 Å². The zero-order valence-corrected chi connectivity index (χ0v) is 20.6. The smallest absolute Gasteiger partial charge is 0.135 e. The Morgan fingerprint density at radius 1 is 0.395 bits per heavy atom. The lowest BCUT2D eigenvalue weighted by Gasteiger charge is -2.12. The summed E-state index contributed by atoms with van der Waals surface area (Å²) in [7, 11) is 0. The second-order valence-corrected chi connectivity index (χ2v) is 9.77. The topological polar surface area (TPSA) is 14.2 Å². The summed E-state index contributed by atoms with van der Waals surface area (Å²) in [5.74, 6) is 1.77. The lowest BCUT2D eigenvalue weighted by atomic mass is 9.92. The van der Waals surface area contributed by atoms with E-state index in [1.54, 1.807) is 0 Å². The van der Waals surface area contributed by atoms with Crippen molar-refractivity contribution in [3.63, 3.8) is 0 Å². The van der Waals surface area contributed by atoms with Crippen LogP contribution in [0.3, 0.4) is 0 Å². The molecule has 1 aliphatic heterocycles. The summed E-state index contributed by atoms with van der Waals surface area (Å²) in [6, 6.07) is 49.5. The second-order valence-electron chi connectivity index (χ2n) is 9.77. The Hall–Kier alpha value is -5.08. The van der Waals surface area contributed by atoms with Crippen molar-refractivity contribution in [2.45, 2.75) is 0 Å². The molecule has 0 N–H and O–H groups in total. The zero-order chi connectivity index (χ0) is 25.1. The fraction of sp³-hybridized carbons (Fsp3) is 0. The summed E-state index contributed by atoms with van der Waals surface area (Å²) in [4.78, 5) is 0. The second kappa shape index (κ2) is 8.22. The molecule has 0 aliphatic carbocycles. The van der Waals surface area contributed by atoms with Gasteiger partial charge in [-0.2, -0.15) is 0 Å². The first-order valence-electron chi connectivity index (χ1n) is 12.9. The van der Waals surface area contributed by atoms with Gasteiger partial charge in [-0.15, -0.1) is 0 Å². The lowest BCUT2D eigenvalue weighted by molar-refractivity contribution is 0.488. The van der Waals surface area contributed by atoms with Gasteiger partial charge in [-0.05, 0) is 64.7 Å². The van der Waals surface area contributed by atoms with Gasteiger partial charge in [0.05, 0.1) is 11.0 Å². The molecule has 0 saturated heterocycles. The van der Waals surface area contributed by atoms with E-state index in [-0.39, 0.29) is 0 Å². The highest BCUT2D eigenvalue weighted by Crippen LogP contribution is 2.47. The van der Waals surface area contributed by atoms with Crippen molar-refractivity contribution < 1.29 is 4.74 Å². The Morgan fingerprint density at radius 3 is 1.87 bits per heavy atom. The molecule has 0 fully saturated rings. The number of para-hydroxylation sites is 3. The minimum atomic E-state index is 0.880. The highest BCUT2D eigenvalue weighted by atomic mass is 16.5. The van der Waals surface area contributed by atoms with Gasteiger partial charge in [0, 0.05) is 27.6 Å². The van der Waals surface area contributed by atoms with Crippen LogP contribution >= 0.6 is 0 Å². The quantitative estimate of drug-likeness (QED) is 0.238. The van der Waals surface area contributed by atoms with Gasteiger partial charge in [0.15, 0.2) is 0 Å². The van der Waals surface area contributed by atoms with Gasteiger partial charge in [-0.25, -0.2) is 0 Å². The van der Waals surface area contributed by atoms with E-state index in [4.69, 9.17) is 4.74 Å². The van der Waals surface area contributed by atoms with Crippen LogP contribution in [-0.4, -0.2) is 4.57 Å². The molecule has 0 amide bonds. The molecule has 0 saturated carbocycles. The minimum absolute atomic E-state index is 0.880. The Balaban J connectivity index is 1.35. The lowest BCUT2D eigenvalue weighted by Crippen LogP contribution is -1.93. The first-order valence-corrected chi connectivity index (χ1v) is 12.9. The first-order chi connectivity index (χ1) is 18.8. The fourth-order valence-corrected chi connectivity index (χ4v) is 5.86. The van der Waals surface area contributed by atoms with Crippen LogP contribution in [0.4, 0.5) is 0 Å². The maximum Gasteiger partial charge on any atom is 0.135 e.